The Morgan fingerprint density at radius 2 is 1.29 bits per heavy atom. The molecule has 0 saturated carbocycles. The van der Waals surface area contributed by atoms with Gasteiger partial charge in [0.15, 0.2) is 0 Å². The van der Waals surface area contributed by atoms with Crippen LogP contribution in [0, 0.1) is 13.8 Å². The molecule has 146 valence electrons. The number of hydrogen-bond donors (Lipinski definition) is 1. The number of aryl methyl sites for hydroxylation is 2. The molecule has 1 unspecified atom stereocenters. The molecule has 0 fully saturated rings. The second kappa shape index (κ2) is 10.2. The number of rotatable bonds is 9. The number of ether oxygens (including phenoxy) is 1. The van der Waals surface area contributed by atoms with Gasteiger partial charge >= 0.3 is 0 Å². The van der Waals surface area contributed by atoms with Crippen LogP contribution in [0.5, 0.6) is 0 Å². The molecule has 0 spiro atoms. The normalized spacial score (nSPS) is 12.3. The SMILES string of the molecule is Cc1ccc(C(OCCNC(C)Cc2ccccc2)c2ccc(C)cc2)cc1. The van der Waals surface area contributed by atoms with Gasteiger partial charge in [0, 0.05) is 12.6 Å². The zero-order valence-corrected chi connectivity index (χ0v) is 17.2. The van der Waals surface area contributed by atoms with Gasteiger partial charge in [-0.25, -0.2) is 0 Å². The molecule has 3 aromatic rings. The molecule has 0 aliphatic carbocycles. The minimum absolute atomic E-state index is 0.0348. The molecular formula is C26H31NO. The lowest BCUT2D eigenvalue weighted by Gasteiger charge is -2.21. The monoisotopic (exact) mass is 373 g/mol. The molecule has 1 N–H and O–H groups in total. The van der Waals surface area contributed by atoms with E-state index in [4.69, 9.17) is 4.74 Å². The van der Waals surface area contributed by atoms with Crippen molar-refractivity contribution < 1.29 is 4.74 Å². The van der Waals surface area contributed by atoms with Crippen molar-refractivity contribution >= 4 is 0 Å². The Balaban J connectivity index is 1.57. The van der Waals surface area contributed by atoms with Crippen molar-refractivity contribution in [2.45, 2.75) is 39.3 Å². The standard InChI is InChI=1S/C26H31NO/c1-20-9-13-24(14-10-20)26(25-15-11-21(2)12-16-25)28-18-17-27-22(3)19-23-7-5-4-6-8-23/h4-16,22,26-27H,17-19H2,1-3H3. The minimum atomic E-state index is -0.0348. The van der Waals surface area contributed by atoms with Crippen LogP contribution in [0.2, 0.25) is 0 Å². The summed E-state index contributed by atoms with van der Waals surface area (Å²) in [5.74, 6) is 0. The van der Waals surface area contributed by atoms with E-state index >= 15 is 0 Å². The fourth-order valence-electron chi connectivity index (χ4n) is 3.39. The van der Waals surface area contributed by atoms with Gasteiger partial charge in [-0.05, 0) is 43.9 Å². The molecule has 0 aliphatic rings. The summed E-state index contributed by atoms with van der Waals surface area (Å²) < 4.78 is 6.33. The van der Waals surface area contributed by atoms with E-state index in [9.17, 15) is 0 Å². The highest BCUT2D eigenvalue weighted by Gasteiger charge is 2.15. The second-order valence-electron chi connectivity index (χ2n) is 7.62. The third-order valence-electron chi connectivity index (χ3n) is 5.02. The van der Waals surface area contributed by atoms with E-state index in [1.165, 1.54) is 27.8 Å². The third-order valence-corrected chi connectivity index (χ3v) is 5.02. The Labute approximate surface area is 169 Å². The largest absolute Gasteiger partial charge is 0.367 e. The molecule has 2 nitrogen and oxygen atoms in total. The first-order valence-corrected chi connectivity index (χ1v) is 10.1. The van der Waals surface area contributed by atoms with Crippen LogP contribution in [0.4, 0.5) is 0 Å². The lowest BCUT2D eigenvalue weighted by atomic mass is 9.99. The first kappa shape index (κ1) is 20.3. The zero-order valence-electron chi connectivity index (χ0n) is 17.2. The molecule has 0 saturated heterocycles. The van der Waals surface area contributed by atoms with Crippen molar-refractivity contribution in [3.05, 3.63) is 107 Å². The van der Waals surface area contributed by atoms with Gasteiger partial charge in [0.05, 0.1) is 6.61 Å². The minimum Gasteiger partial charge on any atom is -0.367 e. The van der Waals surface area contributed by atoms with Gasteiger partial charge in [0.25, 0.3) is 0 Å². The topological polar surface area (TPSA) is 21.3 Å². The second-order valence-corrected chi connectivity index (χ2v) is 7.62. The van der Waals surface area contributed by atoms with Crippen LogP contribution >= 0.6 is 0 Å². The highest BCUT2D eigenvalue weighted by molar-refractivity contribution is 5.33. The van der Waals surface area contributed by atoms with E-state index in [0.29, 0.717) is 12.6 Å². The summed E-state index contributed by atoms with van der Waals surface area (Å²) >= 11 is 0. The summed E-state index contributed by atoms with van der Waals surface area (Å²) in [5, 5.41) is 3.58. The molecule has 28 heavy (non-hydrogen) atoms. The van der Waals surface area contributed by atoms with Crippen LogP contribution in [-0.2, 0) is 11.2 Å². The van der Waals surface area contributed by atoms with Crippen LogP contribution in [0.15, 0.2) is 78.9 Å². The molecule has 3 aromatic carbocycles. The van der Waals surface area contributed by atoms with E-state index in [2.05, 4.69) is 105 Å². The molecule has 3 rings (SSSR count). The van der Waals surface area contributed by atoms with E-state index in [-0.39, 0.29) is 6.10 Å². The third kappa shape index (κ3) is 6.05. The number of benzene rings is 3. The van der Waals surface area contributed by atoms with Gasteiger partial charge in [0.1, 0.15) is 6.10 Å². The Hall–Kier alpha value is -2.42. The van der Waals surface area contributed by atoms with E-state index in [0.717, 1.165) is 13.0 Å². The molecule has 0 heterocycles. The number of nitrogens with one attached hydrogen (secondary N) is 1. The van der Waals surface area contributed by atoms with Crippen molar-refractivity contribution in [3.8, 4) is 0 Å². The van der Waals surface area contributed by atoms with Gasteiger partial charge < -0.3 is 10.1 Å². The summed E-state index contributed by atoms with van der Waals surface area (Å²) in [5.41, 5.74) is 6.30. The summed E-state index contributed by atoms with van der Waals surface area (Å²) in [6, 6.07) is 28.3. The summed E-state index contributed by atoms with van der Waals surface area (Å²) in [6.45, 7) is 7.96. The van der Waals surface area contributed by atoms with E-state index < -0.39 is 0 Å². The first-order valence-electron chi connectivity index (χ1n) is 10.1. The van der Waals surface area contributed by atoms with Gasteiger partial charge in [0.2, 0.25) is 0 Å². The predicted octanol–water partition coefficient (Wildman–Crippen LogP) is 5.63. The molecule has 0 bridgehead atoms. The summed E-state index contributed by atoms with van der Waals surface area (Å²) in [4.78, 5) is 0. The highest BCUT2D eigenvalue weighted by atomic mass is 16.5. The van der Waals surface area contributed by atoms with Crippen molar-refractivity contribution in [1.29, 1.82) is 0 Å². The Bertz CT molecular complexity index is 779. The fraction of sp³-hybridized carbons (Fsp3) is 0.308. The van der Waals surface area contributed by atoms with E-state index in [1.807, 2.05) is 0 Å². The maximum atomic E-state index is 6.33. The van der Waals surface area contributed by atoms with Gasteiger partial charge in [-0.3, -0.25) is 0 Å². The van der Waals surface area contributed by atoms with Gasteiger partial charge in [-0.15, -0.1) is 0 Å². The summed E-state index contributed by atoms with van der Waals surface area (Å²) in [6.07, 6.45) is 0.993. The molecule has 0 radical (unpaired) electrons. The lowest BCUT2D eigenvalue weighted by molar-refractivity contribution is 0.0808. The Kier molecular flexibility index (Phi) is 7.41. The average molecular weight is 374 g/mol. The summed E-state index contributed by atoms with van der Waals surface area (Å²) in [7, 11) is 0. The number of hydrogen-bond acceptors (Lipinski definition) is 2. The van der Waals surface area contributed by atoms with Crippen LogP contribution in [-0.4, -0.2) is 19.2 Å². The van der Waals surface area contributed by atoms with Crippen molar-refractivity contribution in [2.75, 3.05) is 13.2 Å². The van der Waals surface area contributed by atoms with Crippen molar-refractivity contribution in [1.82, 2.24) is 5.32 Å². The molecule has 2 heteroatoms. The maximum Gasteiger partial charge on any atom is 0.108 e. The molecule has 1 atom stereocenters. The lowest BCUT2D eigenvalue weighted by Crippen LogP contribution is -2.31. The van der Waals surface area contributed by atoms with Gasteiger partial charge in [-0.2, -0.15) is 0 Å². The zero-order chi connectivity index (χ0) is 19.8. The van der Waals surface area contributed by atoms with Crippen LogP contribution in [0.1, 0.15) is 40.8 Å². The van der Waals surface area contributed by atoms with Crippen LogP contribution in [0.3, 0.4) is 0 Å². The quantitative estimate of drug-likeness (QED) is 0.491. The Morgan fingerprint density at radius 1 is 0.750 bits per heavy atom. The maximum absolute atomic E-state index is 6.33. The van der Waals surface area contributed by atoms with Crippen molar-refractivity contribution in [2.24, 2.45) is 0 Å². The molecule has 0 aliphatic heterocycles. The predicted molar refractivity (Wildman–Crippen MR) is 118 cm³/mol. The smallest absolute Gasteiger partial charge is 0.108 e. The Morgan fingerprint density at radius 3 is 1.82 bits per heavy atom. The average Bonchev–Trinajstić information content (AvgIpc) is 2.71. The highest BCUT2D eigenvalue weighted by Crippen LogP contribution is 2.26. The van der Waals surface area contributed by atoms with Crippen molar-refractivity contribution in [3.63, 3.8) is 0 Å². The van der Waals surface area contributed by atoms with Gasteiger partial charge in [-0.1, -0.05) is 90.0 Å². The molecule has 0 aromatic heterocycles. The fourth-order valence-corrected chi connectivity index (χ4v) is 3.39. The van der Waals surface area contributed by atoms with Crippen LogP contribution in [0.25, 0.3) is 0 Å². The molecular weight excluding hydrogens is 342 g/mol. The molecule has 0 amide bonds. The van der Waals surface area contributed by atoms with Crippen LogP contribution < -0.4 is 5.32 Å². The van der Waals surface area contributed by atoms with E-state index in [1.54, 1.807) is 0 Å². The first-order chi connectivity index (χ1) is 13.6.